The molecule has 1 aromatic heterocycles. The van der Waals surface area contributed by atoms with Crippen LogP contribution in [0.25, 0.3) is 0 Å². The first-order chi connectivity index (χ1) is 6.39. The van der Waals surface area contributed by atoms with Crippen LogP contribution in [0, 0.1) is 10.6 Å². The molecular formula is C13H27NO. The smallest absolute Gasteiger partial charge is 0.180 e. The third-order valence-corrected chi connectivity index (χ3v) is 0.688. The van der Waals surface area contributed by atoms with Crippen molar-refractivity contribution in [1.29, 1.82) is 0 Å². The highest BCUT2D eigenvalue weighted by Crippen LogP contribution is 2.07. The number of nitrogens with zero attached hydrogens (tertiary/aromatic N) is 1. The summed E-state index contributed by atoms with van der Waals surface area (Å²) in [6, 6.07) is 5.18. The van der Waals surface area contributed by atoms with Crippen LogP contribution in [-0.4, -0.2) is 0 Å². The molecule has 1 heterocycles. The first-order valence-electron chi connectivity index (χ1n) is 5.03. The summed E-state index contributed by atoms with van der Waals surface area (Å²) in [7, 11) is 0. The molecule has 0 atom stereocenters. The monoisotopic (exact) mass is 213 g/mol. The van der Waals surface area contributed by atoms with Crippen LogP contribution >= 0.6 is 0 Å². The Balaban J connectivity index is -0.000000162. The highest BCUT2D eigenvalue weighted by Gasteiger charge is 1.95. The van der Waals surface area contributed by atoms with Gasteiger partial charge in [0.1, 0.15) is 0 Å². The highest BCUT2D eigenvalue weighted by molar-refractivity contribution is 4.83. The summed E-state index contributed by atoms with van der Waals surface area (Å²) in [5.41, 5.74) is 0.500. The molecular weight excluding hydrogens is 186 g/mol. The lowest BCUT2D eigenvalue weighted by atomic mass is 10.0. The van der Waals surface area contributed by atoms with Gasteiger partial charge in [-0.2, -0.15) is 4.73 Å². The molecule has 0 spiro atoms. The van der Waals surface area contributed by atoms with E-state index in [-0.39, 0.29) is 7.43 Å². The molecule has 0 aliphatic carbocycles. The average Bonchev–Trinajstić information content (AvgIpc) is 2.06. The van der Waals surface area contributed by atoms with Gasteiger partial charge in [-0.3, -0.25) is 0 Å². The fraction of sp³-hybridized carbons (Fsp3) is 0.615. The molecule has 0 amide bonds. The average molecular weight is 213 g/mol. The summed E-state index contributed by atoms with van der Waals surface area (Å²) in [6.45, 7) is 12.8. The molecule has 2 nitrogen and oxygen atoms in total. The third-order valence-electron chi connectivity index (χ3n) is 0.688. The summed E-state index contributed by atoms with van der Waals surface area (Å²) < 4.78 is 0.750. The van der Waals surface area contributed by atoms with Crippen molar-refractivity contribution in [3.8, 4) is 0 Å². The molecule has 2 heteroatoms. The molecule has 0 N–H and O–H groups in total. The third kappa shape index (κ3) is 32.1. The number of pyridine rings is 1. The van der Waals surface area contributed by atoms with E-state index >= 15 is 0 Å². The van der Waals surface area contributed by atoms with Crippen LogP contribution in [0.5, 0.6) is 0 Å². The SMILES string of the molecule is C.CC.CC(C)(C)C.[O-][n+]1ccccc1. The zero-order valence-corrected chi connectivity index (χ0v) is 10.2. The molecule has 0 fully saturated rings. The number of rotatable bonds is 0. The van der Waals surface area contributed by atoms with Crippen molar-refractivity contribution < 1.29 is 4.73 Å². The maximum absolute atomic E-state index is 10.2. The molecule has 1 rings (SSSR count). The van der Waals surface area contributed by atoms with Crippen molar-refractivity contribution in [2.75, 3.05) is 0 Å². The summed E-state index contributed by atoms with van der Waals surface area (Å²) in [6.07, 6.45) is 2.89. The van der Waals surface area contributed by atoms with Gasteiger partial charge < -0.3 is 5.21 Å². The fourth-order valence-corrected chi connectivity index (χ4v) is 0.383. The van der Waals surface area contributed by atoms with Gasteiger partial charge >= 0.3 is 0 Å². The van der Waals surface area contributed by atoms with Crippen LogP contribution in [0.2, 0.25) is 0 Å². The Bertz CT molecular complexity index is 196. The Labute approximate surface area is 95.5 Å². The minimum absolute atomic E-state index is 0. The zero-order chi connectivity index (χ0) is 11.6. The van der Waals surface area contributed by atoms with Crippen LogP contribution < -0.4 is 4.73 Å². The van der Waals surface area contributed by atoms with E-state index in [0.29, 0.717) is 5.41 Å². The molecule has 0 bridgehead atoms. The number of hydrogen-bond acceptors (Lipinski definition) is 1. The first kappa shape index (κ1) is 19.5. The summed E-state index contributed by atoms with van der Waals surface area (Å²) in [4.78, 5) is 0. The van der Waals surface area contributed by atoms with Crippen molar-refractivity contribution in [3.63, 3.8) is 0 Å². The van der Waals surface area contributed by atoms with Gasteiger partial charge in [0.2, 0.25) is 0 Å². The van der Waals surface area contributed by atoms with Gasteiger partial charge in [0, 0.05) is 12.1 Å². The summed E-state index contributed by atoms with van der Waals surface area (Å²) in [5.74, 6) is 0. The molecule has 90 valence electrons. The van der Waals surface area contributed by atoms with E-state index in [2.05, 4.69) is 27.7 Å². The quantitative estimate of drug-likeness (QED) is 0.472. The second-order valence-corrected chi connectivity index (χ2v) is 4.24. The van der Waals surface area contributed by atoms with Gasteiger partial charge in [0.15, 0.2) is 12.4 Å². The van der Waals surface area contributed by atoms with Gasteiger partial charge in [-0.1, -0.05) is 55.0 Å². The van der Waals surface area contributed by atoms with Crippen LogP contribution in [-0.2, 0) is 0 Å². The van der Waals surface area contributed by atoms with Gasteiger partial charge in [0.25, 0.3) is 0 Å². The minimum atomic E-state index is 0. The van der Waals surface area contributed by atoms with Gasteiger partial charge in [-0.05, 0) is 5.41 Å². The molecule has 0 saturated carbocycles. The molecule has 0 aliphatic rings. The van der Waals surface area contributed by atoms with Crippen LogP contribution in [0.15, 0.2) is 30.6 Å². The highest BCUT2D eigenvalue weighted by atomic mass is 16.5. The van der Waals surface area contributed by atoms with Crippen LogP contribution in [0.1, 0.15) is 49.0 Å². The van der Waals surface area contributed by atoms with E-state index in [9.17, 15) is 5.21 Å². The lowest BCUT2D eigenvalue weighted by Crippen LogP contribution is -2.22. The first-order valence-corrected chi connectivity index (χ1v) is 5.03. The van der Waals surface area contributed by atoms with E-state index < -0.39 is 0 Å². The largest absolute Gasteiger partial charge is 0.619 e. The Morgan fingerprint density at radius 2 is 1.13 bits per heavy atom. The number of hydrogen-bond donors (Lipinski definition) is 0. The molecule has 0 unspecified atom stereocenters. The van der Waals surface area contributed by atoms with Crippen molar-refractivity contribution in [2.24, 2.45) is 5.41 Å². The maximum atomic E-state index is 10.2. The van der Waals surface area contributed by atoms with E-state index in [1.165, 1.54) is 12.4 Å². The van der Waals surface area contributed by atoms with Gasteiger partial charge in [-0.25, -0.2) is 0 Å². The molecule has 0 radical (unpaired) electrons. The normalized spacial score (nSPS) is 8.40. The van der Waals surface area contributed by atoms with Crippen molar-refractivity contribution >= 4 is 0 Å². The minimum Gasteiger partial charge on any atom is -0.619 e. The molecule has 0 aromatic carbocycles. The lowest BCUT2D eigenvalue weighted by Gasteiger charge is -2.05. The van der Waals surface area contributed by atoms with E-state index in [1.807, 2.05) is 13.8 Å². The van der Waals surface area contributed by atoms with Crippen molar-refractivity contribution in [3.05, 3.63) is 35.8 Å². The fourth-order valence-electron chi connectivity index (χ4n) is 0.383. The van der Waals surface area contributed by atoms with E-state index in [4.69, 9.17) is 0 Å². The molecule has 1 aromatic rings. The predicted molar refractivity (Wildman–Crippen MR) is 68.6 cm³/mol. The molecule has 0 aliphatic heterocycles. The molecule has 0 saturated heterocycles. The second kappa shape index (κ2) is 11.0. The lowest BCUT2D eigenvalue weighted by molar-refractivity contribution is -0.605. The van der Waals surface area contributed by atoms with Crippen LogP contribution in [0.3, 0.4) is 0 Å². The van der Waals surface area contributed by atoms with E-state index in [1.54, 1.807) is 18.2 Å². The van der Waals surface area contributed by atoms with Crippen LogP contribution in [0.4, 0.5) is 0 Å². The Kier molecular flexibility index (Phi) is 14.3. The van der Waals surface area contributed by atoms with Gasteiger partial charge in [0.05, 0.1) is 0 Å². The van der Waals surface area contributed by atoms with Gasteiger partial charge in [-0.15, -0.1) is 0 Å². The van der Waals surface area contributed by atoms with E-state index in [0.717, 1.165) is 4.73 Å². The zero-order valence-electron chi connectivity index (χ0n) is 10.2. The summed E-state index contributed by atoms with van der Waals surface area (Å²) >= 11 is 0. The Morgan fingerprint density at radius 3 is 1.27 bits per heavy atom. The topological polar surface area (TPSA) is 26.9 Å². The predicted octanol–water partition coefficient (Wildman–Crippen LogP) is 4.03. The standard InChI is InChI=1S/C5H5NO.C5H12.C2H6.CH4/c7-6-4-2-1-3-5-6;1-5(2,3)4;1-2;/h1-5H;1-4H3;1-2H3;1H4. The second-order valence-electron chi connectivity index (χ2n) is 4.24. The maximum Gasteiger partial charge on any atom is 0.180 e. The summed E-state index contributed by atoms with van der Waals surface area (Å²) in [5, 5.41) is 10.2. The number of aromatic nitrogens is 1. The van der Waals surface area contributed by atoms with Crippen molar-refractivity contribution in [2.45, 2.75) is 49.0 Å². The Morgan fingerprint density at radius 1 is 0.867 bits per heavy atom. The van der Waals surface area contributed by atoms with Crippen molar-refractivity contribution in [1.82, 2.24) is 0 Å². The Hall–Kier alpha value is -1.05. The molecule has 15 heavy (non-hydrogen) atoms.